The number of pyridine rings is 1. The molecule has 4 atom stereocenters. The maximum Gasteiger partial charge on any atom is 0.324 e. The van der Waals surface area contributed by atoms with Crippen LogP contribution in [-0.4, -0.2) is 118 Å². The van der Waals surface area contributed by atoms with Gasteiger partial charge in [0, 0.05) is 61.7 Å². The Labute approximate surface area is 380 Å². The van der Waals surface area contributed by atoms with Gasteiger partial charge in [-0.1, -0.05) is 64.6 Å². The van der Waals surface area contributed by atoms with Crippen LogP contribution in [0.2, 0.25) is 0 Å². The Morgan fingerprint density at radius 3 is 2.52 bits per heavy atom. The fourth-order valence-corrected chi connectivity index (χ4v) is 9.59. The normalized spacial score (nSPS) is 20.6. The van der Waals surface area contributed by atoms with E-state index < -0.39 is 77.8 Å². The van der Waals surface area contributed by atoms with Crippen LogP contribution < -0.4 is 10.7 Å². The van der Waals surface area contributed by atoms with Gasteiger partial charge < -0.3 is 29.2 Å². The van der Waals surface area contributed by atoms with Crippen molar-refractivity contribution in [3.63, 3.8) is 0 Å². The van der Waals surface area contributed by atoms with Crippen LogP contribution >= 0.6 is 0 Å². The highest BCUT2D eigenvalue weighted by Gasteiger charge is 2.54. The number of methoxy groups -OCH3 is 1. The molecule has 0 unspecified atom stereocenters. The number of hydrogen-bond acceptors (Lipinski definition) is 9. The lowest BCUT2D eigenvalue weighted by molar-refractivity contribution is -0.165. The largest absolute Gasteiger partial charge is 0.464 e. The summed E-state index contributed by atoms with van der Waals surface area (Å²) in [6.07, 6.45) is 4.14. The van der Waals surface area contributed by atoms with Crippen LogP contribution in [0, 0.1) is 11.3 Å². The number of fused-ring (bicyclic) bond motifs is 6. The molecule has 346 valence electrons. The van der Waals surface area contributed by atoms with Gasteiger partial charge in [-0.05, 0) is 91.6 Å². The van der Waals surface area contributed by atoms with Crippen molar-refractivity contribution in [2.45, 2.75) is 104 Å². The molecular formula is C50H62FN7O7. The summed E-state index contributed by atoms with van der Waals surface area (Å²) in [6, 6.07) is 15.1. The first-order chi connectivity index (χ1) is 30.9. The van der Waals surface area contributed by atoms with Crippen LogP contribution in [0.15, 0.2) is 73.4 Å². The Bertz CT molecular complexity index is 2490. The maximum atomic E-state index is 15.9. The number of hydrogen-bond donors (Lipinski definition) is 2. The third-order valence-corrected chi connectivity index (χ3v) is 13.0. The fourth-order valence-electron chi connectivity index (χ4n) is 9.59. The van der Waals surface area contributed by atoms with E-state index in [1.807, 2.05) is 37.3 Å². The minimum Gasteiger partial charge on any atom is -0.464 e. The second-order valence-electron chi connectivity index (χ2n) is 18.8. The van der Waals surface area contributed by atoms with Gasteiger partial charge >= 0.3 is 5.97 Å². The number of nitrogens with one attached hydrogen (secondary N) is 2. The lowest BCUT2D eigenvalue weighted by Gasteiger charge is -2.45. The molecule has 2 aromatic heterocycles. The third kappa shape index (κ3) is 9.44. The van der Waals surface area contributed by atoms with Gasteiger partial charge in [0.1, 0.15) is 18.1 Å². The quantitative estimate of drug-likeness (QED) is 0.145. The van der Waals surface area contributed by atoms with Crippen LogP contribution in [0.5, 0.6) is 0 Å². The number of aryl methyl sites for hydroxylation is 1. The second-order valence-corrected chi connectivity index (χ2v) is 18.8. The summed E-state index contributed by atoms with van der Waals surface area (Å²) in [5, 5.41) is 5.36. The molecular weight excluding hydrogens is 830 g/mol. The summed E-state index contributed by atoms with van der Waals surface area (Å²) < 4.78 is 30.1. The number of likely N-dealkylation sites (N-methyl/N-ethyl adjacent to an activating group) is 1. The molecule has 65 heavy (non-hydrogen) atoms. The zero-order chi connectivity index (χ0) is 47.0. The van der Waals surface area contributed by atoms with Gasteiger partial charge in [0.25, 0.3) is 11.8 Å². The molecule has 0 radical (unpaired) electrons. The number of cyclic esters (lactones) is 1. The molecule has 2 N–H and O–H groups in total. The van der Waals surface area contributed by atoms with Crippen molar-refractivity contribution in [1.29, 1.82) is 0 Å². The SMILES string of the molecule is C=CC(=O)N1CC(F)(C(=O)N(C)[C@H](C(=O)N[C@H]2Cc3cccc(c3)-c3ccc4c(c3)c(c(-c3cccnc3[C@H](C)OC)n4CC)CC(C)(C)COC(=O)[C@@H]3CCCN(N3)C2=O)C(C)C)C1. The van der Waals surface area contributed by atoms with E-state index in [0.717, 1.165) is 61.1 Å². The highest BCUT2D eigenvalue weighted by Crippen LogP contribution is 2.42. The average Bonchev–Trinajstić information content (AvgIpc) is 3.59. The van der Waals surface area contributed by atoms with E-state index in [0.29, 0.717) is 25.8 Å². The lowest BCUT2D eigenvalue weighted by atomic mass is 9.84. The van der Waals surface area contributed by atoms with E-state index in [1.165, 1.54) is 17.0 Å². The summed E-state index contributed by atoms with van der Waals surface area (Å²) >= 11 is 0. The molecule has 3 aliphatic rings. The Morgan fingerprint density at radius 2 is 1.83 bits per heavy atom. The topological polar surface area (TPSA) is 155 Å². The predicted molar refractivity (Wildman–Crippen MR) is 246 cm³/mol. The first-order valence-electron chi connectivity index (χ1n) is 22.5. The highest BCUT2D eigenvalue weighted by atomic mass is 19.1. The van der Waals surface area contributed by atoms with Gasteiger partial charge in [-0.25, -0.2) is 9.82 Å². The van der Waals surface area contributed by atoms with Gasteiger partial charge in [0.05, 0.1) is 37.2 Å². The van der Waals surface area contributed by atoms with Crippen LogP contribution in [0.1, 0.15) is 77.3 Å². The fraction of sp³-hybridized carbons (Fsp3) is 0.480. The summed E-state index contributed by atoms with van der Waals surface area (Å²) in [5.74, 6) is -3.52. The van der Waals surface area contributed by atoms with E-state index >= 15 is 4.39 Å². The molecule has 4 aromatic rings. The Balaban J connectivity index is 1.29. The molecule has 6 bridgehead atoms. The van der Waals surface area contributed by atoms with Crippen molar-refractivity contribution < 1.29 is 37.8 Å². The molecule has 0 saturated carbocycles. The molecule has 0 aliphatic carbocycles. The molecule has 2 aromatic carbocycles. The number of carbonyl (C=O) groups excluding carboxylic acids is 5. The Hall–Kier alpha value is -5.93. The summed E-state index contributed by atoms with van der Waals surface area (Å²) in [7, 11) is 3.04. The maximum absolute atomic E-state index is 15.9. The summed E-state index contributed by atoms with van der Waals surface area (Å²) in [6.45, 7) is 15.3. The minimum atomic E-state index is -2.37. The Kier molecular flexibility index (Phi) is 13.7. The number of hydrazine groups is 1. The average molecular weight is 892 g/mol. The lowest BCUT2D eigenvalue weighted by Crippen LogP contribution is -2.69. The second kappa shape index (κ2) is 18.9. The molecule has 2 saturated heterocycles. The molecule has 7 rings (SSSR count). The van der Waals surface area contributed by atoms with E-state index in [9.17, 15) is 24.0 Å². The van der Waals surface area contributed by atoms with E-state index in [1.54, 1.807) is 27.2 Å². The smallest absolute Gasteiger partial charge is 0.324 e. The number of alkyl halides is 1. The van der Waals surface area contributed by atoms with Crippen molar-refractivity contribution in [2.24, 2.45) is 11.3 Å². The van der Waals surface area contributed by atoms with E-state index in [2.05, 4.69) is 66.9 Å². The number of ether oxygens (including phenoxy) is 2. The molecule has 0 spiro atoms. The highest BCUT2D eigenvalue weighted by molar-refractivity contribution is 5.98. The van der Waals surface area contributed by atoms with Crippen molar-refractivity contribution in [3.05, 3.63) is 90.3 Å². The number of rotatable bonds is 10. The van der Waals surface area contributed by atoms with Crippen LogP contribution in [0.25, 0.3) is 33.3 Å². The van der Waals surface area contributed by atoms with Crippen molar-refractivity contribution in [3.8, 4) is 22.4 Å². The summed E-state index contributed by atoms with van der Waals surface area (Å²) in [4.78, 5) is 75.6. The number of halogens is 1. The standard InChI is InChI=1S/C50H62FN7O7/c1-10-41(59)56-27-50(51,28-56)48(63)55(8)43(30(3)4)45(60)53-39-24-32-15-12-16-33(23-32)34-19-20-40-36(25-34)37(44(57(40)11-2)35-17-13-21-52-42(35)31(5)64-9)26-49(6,7)29-65-47(62)38-18-14-22-58(54-38)46(39)61/h10,12-13,15-17,19-21,23,25,30-31,38-39,43,54H,1,11,14,18,22,24,26-29H2,2-9H3,(H,53,60)/t31-,38-,39-,43-/m0/s1. The number of aromatic nitrogens is 2. The molecule has 3 aliphatic heterocycles. The predicted octanol–water partition coefficient (Wildman–Crippen LogP) is 5.97. The van der Waals surface area contributed by atoms with Crippen molar-refractivity contribution in [1.82, 2.24) is 35.1 Å². The van der Waals surface area contributed by atoms with Crippen molar-refractivity contribution >= 4 is 40.5 Å². The Morgan fingerprint density at radius 1 is 1.09 bits per heavy atom. The number of nitrogens with zero attached hydrogens (tertiary/aromatic N) is 5. The first-order valence-corrected chi connectivity index (χ1v) is 22.5. The number of likely N-dealkylation sites (tertiary alicyclic amines) is 1. The van der Waals surface area contributed by atoms with E-state index in [-0.39, 0.29) is 25.7 Å². The zero-order valence-electron chi connectivity index (χ0n) is 38.8. The van der Waals surface area contributed by atoms with Crippen LogP contribution in [0.3, 0.4) is 0 Å². The van der Waals surface area contributed by atoms with Gasteiger partial charge in [-0.2, -0.15) is 0 Å². The number of esters is 1. The van der Waals surface area contributed by atoms with Crippen LogP contribution in [0.4, 0.5) is 4.39 Å². The number of carbonyl (C=O) groups is 5. The molecule has 4 amide bonds. The van der Waals surface area contributed by atoms with Gasteiger partial charge in [-0.15, -0.1) is 0 Å². The molecule has 2 fully saturated rings. The minimum absolute atomic E-state index is 0.0688. The monoisotopic (exact) mass is 891 g/mol. The van der Waals surface area contributed by atoms with E-state index in [4.69, 9.17) is 14.5 Å². The number of amides is 4. The zero-order valence-corrected chi connectivity index (χ0v) is 38.8. The van der Waals surface area contributed by atoms with Gasteiger partial charge in [0.2, 0.25) is 17.5 Å². The van der Waals surface area contributed by atoms with Crippen molar-refractivity contribution in [2.75, 3.05) is 40.4 Å². The summed E-state index contributed by atoms with van der Waals surface area (Å²) in [5.41, 5.74) is 7.76. The van der Waals surface area contributed by atoms with Crippen LogP contribution in [-0.2, 0) is 52.8 Å². The van der Waals surface area contributed by atoms with Gasteiger partial charge in [0.15, 0.2) is 0 Å². The number of benzene rings is 2. The first kappa shape index (κ1) is 47.0. The molecule has 15 heteroatoms. The van der Waals surface area contributed by atoms with Gasteiger partial charge in [-0.3, -0.25) is 34.0 Å². The molecule has 14 nitrogen and oxygen atoms in total. The third-order valence-electron chi connectivity index (χ3n) is 13.0. The molecule has 5 heterocycles.